The molecule has 8 heteroatoms. The highest BCUT2D eigenvalue weighted by atomic mass is 35.5. The second-order valence-corrected chi connectivity index (χ2v) is 5.32. The van der Waals surface area contributed by atoms with Crippen molar-refractivity contribution >= 4 is 23.3 Å². The van der Waals surface area contributed by atoms with E-state index in [1.165, 1.54) is 13.2 Å². The zero-order valence-corrected chi connectivity index (χ0v) is 12.1. The van der Waals surface area contributed by atoms with Crippen LogP contribution in [0.5, 0.6) is 0 Å². The summed E-state index contributed by atoms with van der Waals surface area (Å²) in [6.45, 7) is 0.434. The molecule has 1 aromatic rings. The van der Waals surface area contributed by atoms with Gasteiger partial charge in [-0.3, -0.25) is 19.8 Å². The molecule has 0 aliphatic carbocycles. The normalized spacial score (nSPS) is 22.2. The third-order valence-corrected chi connectivity index (χ3v) is 3.71. The molecule has 1 N–H and O–H groups in total. The van der Waals surface area contributed by atoms with E-state index in [-0.39, 0.29) is 30.2 Å². The molecule has 7 nitrogen and oxygen atoms in total. The smallest absolute Gasteiger partial charge is 0.323 e. The standard InChI is InChI=1S/C13H15ClN2O5/c1-21-13(18)12-5-10(17)7-15(12)6-8-2-3-9(14)4-11(8)16(19)20/h2-4,10,12,17H,5-7H2,1H3. The predicted molar refractivity (Wildman–Crippen MR) is 74.9 cm³/mol. The Morgan fingerprint density at radius 2 is 2.33 bits per heavy atom. The van der Waals surface area contributed by atoms with Crippen LogP contribution in [0.15, 0.2) is 18.2 Å². The second-order valence-electron chi connectivity index (χ2n) is 4.89. The topological polar surface area (TPSA) is 92.9 Å². The summed E-state index contributed by atoms with van der Waals surface area (Å²) < 4.78 is 4.70. The Morgan fingerprint density at radius 3 is 2.95 bits per heavy atom. The maximum atomic E-state index is 11.7. The van der Waals surface area contributed by atoms with Gasteiger partial charge in [0, 0.05) is 36.2 Å². The lowest BCUT2D eigenvalue weighted by molar-refractivity contribution is -0.385. The van der Waals surface area contributed by atoms with Crippen LogP contribution in [0.25, 0.3) is 0 Å². The number of ether oxygens (including phenoxy) is 1. The van der Waals surface area contributed by atoms with Gasteiger partial charge in [0.05, 0.1) is 18.1 Å². The molecule has 0 saturated carbocycles. The molecular formula is C13H15ClN2O5. The summed E-state index contributed by atoms with van der Waals surface area (Å²) >= 11 is 5.77. The van der Waals surface area contributed by atoms with Crippen molar-refractivity contribution in [2.24, 2.45) is 0 Å². The Kier molecular flexibility index (Phi) is 4.76. The fourth-order valence-corrected chi connectivity index (χ4v) is 2.66. The summed E-state index contributed by atoms with van der Waals surface area (Å²) in [4.78, 5) is 23.9. The minimum atomic E-state index is -0.652. The SMILES string of the molecule is COC(=O)C1CC(O)CN1Cc1ccc(Cl)cc1[N+](=O)[O-]. The number of aliphatic hydroxyl groups excluding tert-OH is 1. The molecule has 0 radical (unpaired) electrons. The first kappa shape index (κ1) is 15.7. The number of carbonyl (C=O) groups is 1. The summed E-state index contributed by atoms with van der Waals surface area (Å²) in [5.41, 5.74) is 0.333. The number of likely N-dealkylation sites (tertiary alicyclic amines) is 1. The van der Waals surface area contributed by atoms with Crippen LogP contribution in [0.2, 0.25) is 5.02 Å². The highest BCUT2D eigenvalue weighted by molar-refractivity contribution is 6.30. The Balaban J connectivity index is 2.24. The predicted octanol–water partition coefficient (Wildman–Crippen LogP) is 1.36. The van der Waals surface area contributed by atoms with Crippen LogP contribution in [-0.2, 0) is 16.1 Å². The zero-order chi connectivity index (χ0) is 15.6. The molecule has 1 heterocycles. The maximum Gasteiger partial charge on any atom is 0.323 e. The lowest BCUT2D eigenvalue weighted by Gasteiger charge is -2.21. The van der Waals surface area contributed by atoms with Gasteiger partial charge in [-0.05, 0) is 12.1 Å². The minimum absolute atomic E-state index is 0.104. The van der Waals surface area contributed by atoms with Crippen molar-refractivity contribution in [1.82, 2.24) is 4.90 Å². The number of β-amino-alcohol motifs (C(OH)–C–C–N with tert-alkyl or cyclic N) is 1. The van der Waals surface area contributed by atoms with Gasteiger partial charge in [-0.1, -0.05) is 11.6 Å². The van der Waals surface area contributed by atoms with Crippen LogP contribution >= 0.6 is 11.6 Å². The Bertz CT molecular complexity index is 565. The molecule has 2 unspecified atom stereocenters. The number of aliphatic hydroxyl groups is 1. The molecule has 0 aromatic heterocycles. The number of nitrogens with zero attached hydrogens (tertiary/aromatic N) is 2. The van der Waals surface area contributed by atoms with Gasteiger partial charge < -0.3 is 9.84 Å². The quantitative estimate of drug-likeness (QED) is 0.512. The molecule has 1 aliphatic rings. The van der Waals surface area contributed by atoms with E-state index in [0.717, 1.165) is 0 Å². The van der Waals surface area contributed by atoms with Crippen molar-refractivity contribution in [3.63, 3.8) is 0 Å². The monoisotopic (exact) mass is 314 g/mol. The van der Waals surface area contributed by atoms with Gasteiger partial charge >= 0.3 is 5.97 Å². The van der Waals surface area contributed by atoms with Crippen LogP contribution < -0.4 is 0 Å². The van der Waals surface area contributed by atoms with E-state index in [0.29, 0.717) is 5.56 Å². The van der Waals surface area contributed by atoms with Crippen LogP contribution in [0, 0.1) is 10.1 Å². The van der Waals surface area contributed by atoms with Crippen LogP contribution in [0.1, 0.15) is 12.0 Å². The number of rotatable bonds is 4. The first-order valence-corrected chi connectivity index (χ1v) is 6.73. The van der Waals surface area contributed by atoms with Crippen molar-refractivity contribution in [3.8, 4) is 0 Å². The molecule has 114 valence electrons. The highest BCUT2D eigenvalue weighted by Crippen LogP contribution is 2.28. The molecule has 1 aromatic carbocycles. The molecule has 21 heavy (non-hydrogen) atoms. The molecule has 1 fully saturated rings. The Hall–Kier alpha value is -1.70. The maximum absolute atomic E-state index is 11.7. The summed E-state index contributed by atoms with van der Waals surface area (Å²) in [6.07, 6.45) is -0.394. The first-order valence-electron chi connectivity index (χ1n) is 6.35. The van der Waals surface area contributed by atoms with Crippen molar-refractivity contribution in [3.05, 3.63) is 38.9 Å². The minimum Gasteiger partial charge on any atom is -0.468 e. The van der Waals surface area contributed by atoms with Gasteiger partial charge in [-0.2, -0.15) is 0 Å². The van der Waals surface area contributed by atoms with E-state index < -0.39 is 23.0 Å². The fraction of sp³-hybridized carbons (Fsp3) is 0.462. The number of nitro groups is 1. The summed E-state index contributed by atoms with van der Waals surface area (Å²) in [6, 6.07) is 3.79. The van der Waals surface area contributed by atoms with Gasteiger partial charge in [-0.25, -0.2) is 0 Å². The average Bonchev–Trinajstić information content (AvgIpc) is 2.80. The van der Waals surface area contributed by atoms with E-state index in [2.05, 4.69) is 0 Å². The largest absolute Gasteiger partial charge is 0.468 e. The number of carbonyl (C=O) groups excluding carboxylic acids is 1. The number of benzene rings is 1. The molecular weight excluding hydrogens is 300 g/mol. The third kappa shape index (κ3) is 3.49. The van der Waals surface area contributed by atoms with Gasteiger partial charge in [0.25, 0.3) is 5.69 Å². The van der Waals surface area contributed by atoms with E-state index in [1.54, 1.807) is 17.0 Å². The number of methoxy groups -OCH3 is 1. The van der Waals surface area contributed by atoms with Crippen molar-refractivity contribution in [2.75, 3.05) is 13.7 Å². The molecule has 0 amide bonds. The first-order chi connectivity index (χ1) is 9.92. The number of esters is 1. The highest BCUT2D eigenvalue weighted by Gasteiger charge is 2.37. The van der Waals surface area contributed by atoms with Crippen LogP contribution in [0.3, 0.4) is 0 Å². The molecule has 1 saturated heterocycles. The molecule has 0 spiro atoms. The summed E-state index contributed by atoms with van der Waals surface area (Å²) in [5, 5.41) is 21.1. The number of hydrogen-bond acceptors (Lipinski definition) is 6. The molecule has 2 atom stereocenters. The van der Waals surface area contributed by atoms with Crippen molar-refractivity contribution < 1.29 is 19.6 Å². The summed E-state index contributed by atoms with van der Waals surface area (Å²) in [5.74, 6) is -0.455. The van der Waals surface area contributed by atoms with Gasteiger partial charge in [0.1, 0.15) is 6.04 Å². The summed E-state index contributed by atoms with van der Waals surface area (Å²) in [7, 11) is 1.27. The van der Waals surface area contributed by atoms with Crippen molar-refractivity contribution in [1.29, 1.82) is 0 Å². The molecule has 0 bridgehead atoms. The number of nitro benzene ring substituents is 1. The molecule has 2 rings (SSSR count). The third-order valence-electron chi connectivity index (χ3n) is 3.47. The zero-order valence-electron chi connectivity index (χ0n) is 11.4. The van der Waals surface area contributed by atoms with E-state index in [9.17, 15) is 20.0 Å². The lowest BCUT2D eigenvalue weighted by Crippen LogP contribution is -2.36. The van der Waals surface area contributed by atoms with E-state index >= 15 is 0 Å². The van der Waals surface area contributed by atoms with Gasteiger partial charge in [0.15, 0.2) is 0 Å². The van der Waals surface area contributed by atoms with E-state index in [4.69, 9.17) is 16.3 Å². The van der Waals surface area contributed by atoms with Gasteiger partial charge in [-0.15, -0.1) is 0 Å². The molecule has 1 aliphatic heterocycles. The lowest BCUT2D eigenvalue weighted by atomic mass is 10.1. The second kappa shape index (κ2) is 6.38. The van der Waals surface area contributed by atoms with E-state index in [1.807, 2.05) is 0 Å². The van der Waals surface area contributed by atoms with Crippen LogP contribution in [0.4, 0.5) is 5.69 Å². The van der Waals surface area contributed by atoms with Crippen LogP contribution in [-0.4, -0.2) is 46.7 Å². The Morgan fingerprint density at radius 1 is 1.62 bits per heavy atom. The van der Waals surface area contributed by atoms with Gasteiger partial charge in [0.2, 0.25) is 0 Å². The fourth-order valence-electron chi connectivity index (χ4n) is 2.49. The Labute approximate surface area is 126 Å². The van der Waals surface area contributed by atoms with Crippen molar-refractivity contribution in [2.45, 2.75) is 25.1 Å². The number of hydrogen-bond donors (Lipinski definition) is 1. The average molecular weight is 315 g/mol. The number of halogens is 1.